The molecule has 0 amide bonds. The molecule has 2 fully saturated rings. The van der Waals surface area contributed by atoms with E-state index in [4.69, 9.17) is 16.7 Å². The maximum Gasteiger partial charge on any atom is 0.303 e. The fourth-order valence-corrected chi connectivity index (χ4v) is 5.21. The number of rotatable bonds is 13. The van der Waals surface area contributed by atoms with Gasteiger partial charge in [0.2, 0.25) is 0 Å². The molecular weight excluding hydrogens is 362 g/mol. The number of carboxylic acids is 1. The molecule has 4 nitrogen and oxygen atoms in total. The Labute approximate surface area is 170 Å². The van der Waals surface area contributed by atoms with Gasteiger partial charge in [-0.2, -0.15) is 0 Å². The van der Waals surface area contributed by atoms with Crippen LogP contribution in [0.3, 0.4) is 0 Å². The zero-order valence-corrected chi connectivity index (χ0v) is 17.7. The number of halogens is 1. The lowest BCUT2D eigenvalue weighted by molar-refractivity contribution is -0.137. The van der Waals surface area contributed by atoms with E-state index in [9.17, 15) is 9.90 Å². The largest absolute Gasteiger partial charge is 0.481 e. The molecule has 0 aromatic rings. The molecule has 1 heterocycles. The third-order valence-corrected chi connectivity index (χ3v) is 7.12. The topological polar surface area (TPSA) is 60.8 Å². The van der Waals surface area contributed by atoms with Crippen molar-refractivity contribution in [1.29, 1.82) is 0 Å². The maximum absolute atomic E-state index is 10.7. The Kier molecular flexibility index (Phi) is 9.61. The number of aliphatic hydroxyl groups is 1. The molecule has 1 aliphatic carbocycles. The molecule has 0 aromatic heterocycles. The first kappa shape index (κ1) is 22.7. The standard InChI is InChI=1S/C22H38ClNO3/c1-2-13-22(14-8-15-22)20(25)10-7-16-24-17-12-18(23)19(24)9-5-3-4-6-11-21(26)27/h3,5,18-20,25H,2,4,6-17H2,1H3,(H,26,27). The lowest BCUT2D eigenvalue weighted by atomic mass is 9.62. The van der Waals surface area contributed by atoms with Crippen LogP contribution in [0.1, 0.15) is 84.0 Å². The van der Waals surface area contributed by atoms with Gasteiger partial charge in [-0.1, -0.05) is 31.9 Å². The molecule has 2 aliphatic rings. The first-order valence-electron chi connectivity index (χ1n) is 10.9. The number of likely N-dealkylation sites (tertiary alicyclic amines) is 1. The van der Waals surface area contributed by atoms with E-state index in [-0.39, 0.29) is 23.3 Å². The fourth-order valence-electron chi connectivity index (χ4n) is 4.85. The third kappa shape index (κ3) is 6.76. The van der Waals surface area contributed by atoms with Crippen LogP contribution in [0.5, 0.6) is 0 Å². The zero-order valence-electron chi connectivity index (χ0n) is 16.9. The van der Waals surface area contributed by atoms with Gasteiger partial charge in [0.1, 0.15) is 0 Å². The number of alkyl halides is 1. The molecule has 3 unspecified atom stereocenters. The van der Waals surface area contributed by atoms with Crippen molar-refractivity contribution in [2.24, 2.45) is 5.41 Å². The second kappa shape index (κ2) is 11.4. The number of carbonyl (C=O) groups is 1. The first-order valence-corrected chi connectivity index (χ1v) is 11.3. The molecule has 27 heavy (non-hydrogen) atoms. The molecule has 2 rings (SSSR count). The summed E-state index contributed by atoms with van der Waals surface area (Å²) in [6.07, 6.45) is 15.8. The number of allylic oxidation sites excluding steroid dienone is 1. The fraction of sp³-hybridized carbons (Fsp3) is 0.864. The SMILES string of the molecule is CCCC1(C(O)CCCN2CCC(Cl)C2CC=CCCCC(=O)O)CCC1. The number of carboxylic acid groups (broad SMARTS) is 1. The minimum absolute atomic E-state index is 0.145. The molecule has 0 spiro atoms. The van der Waals surface area contributed by atoms with Crippen LogP contribution < -0.4 is 0 Å². The number of unbranched alkanes of at least 4 members (excludes halogenated alkanes) is 1. The van der Waals surface area contributed by atoms with Crippen LogP contribution in [0, 0.1) is 5.41 Å². The highest BCUT2D eigenvalue weighted by Crippen LogP contribution is 2.48. The lowest BCUT2D eigenvalue weighted by Gasteiger charge is -2.46. The maximum atomic E-state index is 10.7. The summed E-state index contributed by atoms with van der Waals surface area (Å²) in [6, 6.07) is 0.368. The van der Waals surface area contributed by atoms with Crippen LogP contribution in [0.25, 0.3) is 0 Å². The minimum atomic E-state index is -0.726. The Hall–Kier alpha value is -0.580. The number of aliphatic hydroxyl groups excluding tert-OH is 1. The summed E-state index contributed by atoms with van der Waals surface area (Å²) in [5.41, 5.74) is 0.215. The van der Waals surface area contributed by atoms with E-state index >= 15 is 0 Å². The Morgan fingerprint density at radius 3 is 2.74 bits per heavy atom. The first-order chi connectivity index (χ1) is 13.0. The van der Waals surface area contributed by atoms with Gasteiger partial charge in [-0.05, 0) is 76.3 Å². The van der Waals surface area contributed by atoms with Crippen molar-refractivity contribution in [1.82, 2.24) is 4.90 Å². The molecule has 0 bridgehead atoms. The number of hydrogen-bond acceptors (Lipinski definition) is 3. The van der Waals surface area contributed by atoms with Crippen molar-refractivity contribution in [3.8, 4) is 0 Å². The van der Waals surface area contributed by atoms with Crippen LogP contribution in [-0.2, 0) is 4.79 Å². The van der Waals surface area contributed by atoms with Crippen LogP contribution in [0.4, 0.5) is 0 Å². The zero-order chi connectivity index (χ0) is 19.7. The predicted octanol–water partition coefficient (Wildman–Crippen LogP) is 4.98. The van der Waals surface area contributed by atoms with Crippen molar-refractivity contribution >= 4 is 17.6 Å². The molecule has 1 saturated carbocycles. The highest BCUT2D eigenvalue weighted by atomic mass is 35.5. The average Bonchev–Trinajstić information content (AvgIpc) is 2.94. The van der Waals surface area contributed by atoms with Crippen molar-refractivity contribution in [3.63, 3.8) is 0 Å². The van der Waals surface area contributed by atoms with Crippen molar-refractivity contribution in [2.75, 3.05) is 13.1 Å². The van der Waals surface area contributed by atoms with Crippen molar-refractivity contribution in [2.45, 2.75) is 101 Å². The van der Waals surface area contributed by atoms with E-state index in [1.807, 2.05) is 0 Å². The quantitative estimate of drug-likeness (QED) is 0.260. The van der Waals surface area contributed by atoms with E-state index in [2.05, 4.69) is 24.0 Å². The lowest BCUT2D eigenvalue weighted by Crippen LogP contribution is -2.42. The second-order valence-electron chi connectivity index (χ2n) is 8.53. The molecule has 0 aromatic carbocycles. The molecule has 1 aliphatic heterocycles. The monoisotopic (exact) mass is 399 g/mol. The summed E-state index contributed by atoms with van der Waals surface area (Å²) in [7, 11) is 0. The summed E-state index contributed by atoms with van der Waals surface area (Å²) >= 11 is 6.54. The molecule has 5 heteroatoms. The summed E-state index contributed by atoms with van der Waals surface area (Å²) in [6.45, 7) is 4.28. The van der Waals surface area contributed by atoms with Crippen LogP contribution in [0.15, 0.2) is 12.2 Å². The molecule has 2 N–H and O–H groups in total. The second-order valence-corrected chi connectivity index (χ2v) is 9.09. The Balaban J connectivity index is 1.69. The number of nitrogens with zero attached hydrogens (tertiary/aromatic N) is 1. The predicted molar refractivity (Wildman–Crippen MR) is 111 cm³/mol. The molecule has 3 atom stereocenters. The Morgan fingerprint density at radius 2 is 2.11 bits per heavy atom. The number of aliphatic carboxylic acids is 1. The molecular formula is C22H38ClNO3. The normalized spacial score (nSPS) is 26.3. The Morgan fingerprint density at radius 1 is 1.33 bits per heavy atom. The van der Waals surface area contributed by atoms with Gasteiger partial charge < -0.3 is 10.2 Å². The summed E-state index contributed by atoms with van der Waals surface area (Å²) in [5, 5.41) is 19.6. The van der Waals surface area contributed by atoms with Gasteiger partial charge in [-0.25, -0.2) is 0 Å². The van der Waals surface area contributed by atoms with E-state index < -0.39 is 5.97 Å². The van der Waals surface area contributed by atoms with Crippen LogP contribution in [-0.4, -0.2) is 51.7 Å². The van der Waals surface area contributed by atoms with Gasteiger partial charge in [0.15, 0.2) is 0 Å². The highest BCUT2D eigenvalue weighted by Gasteiger charge is 2.42. The summed E-state index contributed by atoms with van der Waals surface area (Å²) < 4.78 is 0. The van der Waals surface area contributed by atoms with Gasteiger partial charge in [0, 0.05) is 12.5 Å². The highest BCUT2D eigenvalue weighted by molar-refractivity contribution is 6.21. The van der Waals surface area contributed by atoms with E-state index in [0.717, 1.165) is 58.0 Å². The van der Waals surface area contributed by atoms with Gasteiger partial charge in [-0.15, -0.1) is 11.6 Å². The summed E-state index contributed by atoms with van der Waals surface area (Å²) in [4.78, 5) is 13.0. The van der Waals surface area contributed by atoms with E-state index in [1.165, 1.54) is 19.3 Å². The van der Waals surface area contributed by atoms with Crippen molar-refractivity contribution < 1.29 is 15.0 Å². The molecule has 156 valence electrons. The van der Waals surface area contributed by atoms with Crippen LogP contribution in [0.2, 0.25) is 0 Å². The van der Waals surface area contributed by atoms with Gasteiger partial charge in [0.25, 0.3) is 0 Å². The van der Waals surface area contributed by atoms with Gasteiger partial charge >= 0.3 is 5.97 Å². The number of hydrogen-bond donors (Lipinski definition) is 2. The minimum Gasteiger partial charge on any atom is -0.481 e. The van der Waals surface area contributed by atoms with E-state index in [1.54, 1.807) is 0 Å². The van der Waals surface area contributed by atoms with Gasteiger partial charge in [0.05, 0.1) is 11.5 Å². The van der Waals surface area contributed by atoms with Crippen LogP contribution >= 0.6 is 11.6 Å². The van der Waals surface area contributed by atoms with E-state index in [0.29, 0.717) is 12.5 Å². The smallest absolute Gasteiger partial charge is 0.303 e. The Bertz CT molecular complexity index is 478. The van der Waals surface area contributed by atoms with Crippen molar-refractivity contribution in [3.05, 3.63) is 12.2 Å². The third-order valence-electron chi connectivity index (χ3n) is 6.61. The summed E-state index contributed by atoms with van der Waals surface area (Å²) in [5.74, 6) is -0.726. The molecule has 0 radical (unpaired) electrons. The van der Waals surface area contributed by atoms with Gasteiger partial charge in [-0.3, -0.25) is 9.69 Å². The molecule has 1 saturated heterocycles. The average molecular weight is 400 g/mol.